The van der Waals surface area contributed by atoms with Gasteiger partial charge in [-0.25, -0.2) is 0 Å². The molecule has 2 unspecified atom stereocenters. The average Bonchev–Trinajstić information content (AvgIpc) is 2.54. The summed E-state index contributed by atoms with van der Waals surface area (Å²) in [6, 6.07) is 5.80. The number of hydrogen-bond donors (Lipinski definition) is 2. The first kappa shape index (κ1) is 19.7. The molecule has 2 atom stereocenters. The van der Waals surface area contributed by atoms with Gasteiger partial charge in [0.25, 0.3) is 0 Å². The van der Waals surface area contributed by atoms with Crippen molar-refractivity contribution >= 4 is 18.3 Å². The molecule has 0 bridgehead atoms. The van der Waals surface area contributed by atoms with Crippen LogP contribution in [-0.4, -0.2) is 37.8 Å². The molecular formula is C17H27ClN2O3. The van der Waals surface area contributed by atoms with Crippen molar-refractivity contribution in [3.05, 3.63) is 29.3 Å². The molecule has 2 rings (SSSR count). The number of rotatable bonds is 6. The molecule has 130 valence electrons. The average molecular weight is 343 g/mol. The molecule has 1 aromatic carbocycles. The van der Waals surface area contributed by atoms with Gasteiger partial charge in [0.1, 0.15) is 11.8 Å². The van der Waals surface area contributed by atoms with Crippen LogP contribution in [0.1, 0.15) is 31.4 Å². The molecule has 0 spiro atoms. The number of halogens is 1. The lowest BCUT2D eigenvalue weighted by atomic mass is 10.1. The van der Waals surface area contributed by atoms with Gasteiger partial charge in [0.2, 0.25) is 5.91 Å². The van der Waals surface area contributed by atoms with Crippen molar-refractivity contribution in [3.63, 3.8) is 0 Å². The molecular weight excluding hydrogens is 316 g/mol. The second-order valence-electron chi connectivity index (χ2n) is 5.75. The number of benzene rings is 1. The molecule has 0 aliphatic carbocycles. The summed E-state index contributed by atoms with van der Waals surface area (Å²) in [6.07, 6.45) is 1.10. The van der Waals surface area contributed by atoms with Crippen LogP contribution in [0, 0.1) is 6.92 Å². The minimum Gasteiger partial charge on any atom is -0.490 e. The standard InChI is InChI=1S/C17H26N2O3.ClH/c1-4-13(3)22-16-9-12(2)5-6-14(16)10-19-17(20)15-11-21-8-7-18-15;/h5-6,9,13,15,18H,4,7-8,10-11H2,1-3H3,(H,19,20);1H. The number of morpholine rings is 1. The third-order valence-electron chi connectivity index (χ3n) is 3.82. The Labute approximate surface area is 144 Å². The number of carbonyl (C=O) groups excluding carboxylic acids is 1. The smallest absolute Gasteiger partial charge is 0.239 e. The van der Waals surface area contributed by atoms with Gasteiger partial charge in [-0.05, 0) is 31.9 Å². The summed E-state index contributed by atoms with van der Waals surface area (Å²) < 4.78 is 11.3. The first-order chi connectivity index (χ1) is 10.6. The van der Waals surface area contributed by atoms with E-state index in [1.165, 1.54) is 0 Å². The highest BCUT2D eigenvalue weighted by atomic mass is 35.5. The van der Waals surface area contributed by atoms with Gasteiger partial charge < -0.3 is 20.1 Å². The maximum Gasteiger partial charge on any atom is 0.239 e. The molecule has 0 saturated carbocycles. The van der Waals surface area contributed by atoms with Crippen LogP contribution in [0.4, 0.5) is 0 Å². The Kier molecular flexibility index (Phi) is 8.37. The number of carbonyl (C=O) groups is 1. The molecule has 0 radical (unpaired) electrons. The Balaban J connectivity index is 0.00000264. The highest BCUT2D eigenvalue weighted by Crippen LogP contribution is 2.22. The number of hydrogen-bond acceptors (Lipinski definition) is 4. The molecule has 0 aromatic heterocycles. The van der Waals surface area contributed by atoms with Gasteiger partial charge in [-0.1, -0.05) is 19.1 Å². The number of aryl methyl sites for hydroxylation is 1. The van der Waals surface area contributed by atoms with E-state index in [0.717, 1.165) is 23.3 Å². The maximum absolute atomic E-state index is 12.1. The number of amides is 1. The van der Waals surface area contributed by atoms with E-state index >= 15 is 0 Å². The quantitative estimate of drug-likeness (QED) is 0.832. The van der Waals surface area contributed by atoms with Crippen LogP contribution in [0.25, 0.3) is 0 Å². The minimum absolute atomic E-state index is 0. The second-order valence-corrected chi connectivity index (χ2v) is 5.75. The van der Waals surface area contributed by atoms with E-state index in [2.05, 4.69) is 17.6 Å². The highest BCUT2D eigenvalue weighted by Gasteiger charge is 2.21. The third kappa shape index (κ3) is 6.01. The zero-order chi connectivity index (χ0) is 15.9. The SMILES string of the molecule is CCC(C)Oc1cc(C)ccc1CNC(=O)C1COCCN1.Cl. The van der Waals surface area contributed by atoms with E-state index in [1.54, 1.807) is 0 Å². The van der Waals surface area contributed by atoms with E-state index in [4.69, 9.17) is 9.47 Å². The Morgan fingerprint density at radius 3 is 2.96 bits per heavy atom. The monoisotopic (exact) mass is 342 g/mol. The van der Waals surface area contributed by atoms with Gasteiger partial charge in [0, 0.05) is 18.7 Å². The molecule has 2 N–H and O–H groups in total. The van der Waals surface area contributed by atoms with Crippen LogP contribution in [0.3, 0.4) is 0 Å². The van der Waals surface area contributed by atoms with Crippen molar-refractivity contribution in [3.8, 4) is 5.75 Å². The molecule has 1 saturated heterocycles. The molecule has 1 aliphatic rings. The van der Waals surface area contributed by atoms with Crippen molar-refractivity contribution in [2.75, 3.05) is 19.8 Å². The van der Waals surface area contributed by atoms with E-state index in [-0.39, 0.29) is 30.5 Å². The van der Waals surface area contributed by atoms with Crippen LogP contribution >= 0.6 is 12.4 Å². The maximum atomic E-state index is 12.1. The first-order valence-corrected chi connectivity index (χ1v) is 7.95. The summed E-state index contributed by atoms with van der Waals surface area (Å²) in [5.74, 6) is 0.817. The molecule has 1 aromatic rings. The van der Waals surface area contributed by atoms with Gasteiger partial charge in [-0.2, -0.15) is 0 Å². The molecule has 1 heterocycles. The lowest BCUT2D eigenvalue weighted by Gasteiger charge is -2.23. The fraction of sp³-hybridized carbons (Fsp3) is 0.588. The van der Waals surface area contributed by atoms with Gasteiger partial charge in [-0.15, -0.1) is 12.4 Å². The summed E-state index contributed by atoms with van der Waals surface area (Å²) in [5, 5.41) is 6.11. The van der Waals surface area contributed by atoms with E-state index in [0.29, 0.717) is 26.3 Å². The van der Waals surface area contributed by atoms with Crippen LogP contribution in [0.5, 0.6) is 5.75 Å². The summed E-state index contributed by atoms with van der Waals surface area (Å²) in [7, 11) is 0. The summed E-state index contributed by atoms with van der Waals surface area (Å²) >= 11 is 0. The third-order valence-corrected chi connectivity index (χ3v) is 3.82. The van der Waals surface area contributed by atoms with Crippen LogP contribution < -0.4 is 15.4 Å². The molecule has 1 amide bonds. The Hall–Kier alpha value is -1.30. The van der Waals surface area contributed by atoms with Gasteiger partial charge in [-0.3, -0.25) is 4.79 Å². The normalized spacial score (nSPS) is 18.7. The Morgan fingerprint density at radius 1 is 1.52 bits per heavy atom. The van der Waals surface area contributed by atoms with Crippen molar-refractivity contribution in [2.45, 2.75) is 45.9 Å². The minimum atomic E-state index is -0.266. The van der Waals surface area contributed by atoms with Crippen LogP contribution in [0.15, 0.2) is 18.2 Å². The van der Waals surface area contributed by atoms with Crippen molar-refractivity contribution in [1.29, 1.82) is 0 Å². The summed E-state index contributed by atoms with van der Waals surface area (Å²) in [6.45, 7) is 8.44. The fourth-order valence-corrected chi connectivity index (χ4v) is 2.26. The highest BCUT2D eigenvalue weighted by molar-refractivity contribution is 5.85. The predicted molar refractivity (Wildman–Crippen MR) is 93.3 cm³/mol. The second kappa shape index (κ2) is 9.75. The number of nitrogens with one attached hydrogen (secondary N) is 2. The van der Waals surface area contributed by atoms with Crippen molar-refractivity contribution < 1.29 is 14.3 Å². The molecule has 5 nitrogen and oxygen atoms in total. The molecule has 1 aliphatic heterocycles. The molecule has 1 fully saturated rings. The van der Waals surface area contributed by atoms with E-state index in [1.807, 2.05) is 32.0 Å². The summed E-state index contributed by atoms with van der Waals surface area (Å²) in [5.41, 5.74) is 2.15. The lowest BCUT2D eigenvalue weighted by Crippen LogP contribution is -2.51. The molecule has 23 heavy (non-hydrogen) atoms. The largest absolute Gasteiger partial charge is 0.490 e. The van der Waals surface area contributed by atoms with Crippen molar-refractivity contribution in [1.82, 2.24) is 10.6 Å². The zero-order valence-electron chi connectivity index (χ0n) is 14.1. The van der Waals surface area contributed by atoms with E-state index < -0.39 is 0 Å². The fourth-order valence-electron chi connectivity index (χ4n) is 2.26. The summed E-state index contributed by atoms with van der Waals surface area (Å²) in [4.78, 5) is 12.1. The van der Waals surface area contributed by atoms with Crippen molar-refractivity contribution in [2.24, 2.45) is 0 Å². The van der Waals surface area contributed by atoms with Crippen LogP contribution in [0.2, 0.25) is 0 Å². The zero-order valence-corrected chi connectivity index (χ0v) is 14.9. The van der Waals surface area contributed by atoms with Gasteiger partial charge in [0.05, 0.1) is 19.3 Å². The first-order valence-electron chi connectivity index (χ1n) is 7.95. The number of ether oxygens (including phenoxy) is 2. The molecule has 6 heteroatoms. The topological polar surface area (TPSA) is 59.6 Å². The Bertz CT molecular complexity index is 505. The van der Waals surface area contributed by atoms with Crippen LogP contribution in [-0.2, 0) is 16.1 Å². The Morgan fingerprint density at radius 2 is 2.30 bits per heavy atom. The predicted octanol–water partition coefficient (Wildman–Crippen LogP) is 2.20. The van der Waals surface area contributed by atoms with Gasteiger partial charge >= 0.3 is 0 Å². The van der Waals surface area contributed by atoms with E-state index in [9.17, 15) is 4.79 Å². The lowest BCUT2D eigenvalue weighted by molar-refractivity contribution is -0.126. The van der Waals surface area contributed by atoms with Gasteiger partial charge in [0.15, 0.2) is 0 Å².